The van der Waals surface area contributed by atoms with Crippen molar-refractivity contribution in [2.75, 3.05) is 20.1 Å². The molecule has 116 valence electrons. The number of hydrogen-bond acceptors (Lipinski definition) is 2. The summed E-state index contributed by atoms with van der Waals surface area (Å²) >= 11 is 0. The van der Waals surface area contributed by atoms with E-state index in [1.165, 1.54) is 6.07 Å². The maximum absolute atomic E-state index is 14.3. The second-order valence-electron chi connectivity index (χ2n) is 6.33. The molecule has 1 heterocycles. The van der Waals surface area contributed by atoms with E-state index < -0.39 is 5.60 Å². The molecular weight excluding hydrogens is 277 g/mol. The number of aryl methyl sites for hydroxylation is 1. The Bertz CT molecular complexity index is 672. The monoisotopic (exact) mass is 299 g/mol. The summed E-state index contributed by atoms with van der Waals surface area (Å²) in [6, 6.07) is 14.7. The third kappa shape index (κ3) is 2.55. The van der Waals surface area contributed by atoms with Gasteiger partial charge < -0.3 is 10.0 Å². The number of aliphatic hydroxyl groups is 1. The molecule has 3 rings (SSSR count). The minimum Gasteiger partial charge on any atom is -0.384 e. The van der Waals surface area contributed by atoms with Gasteiger partial charge in [0.05, 0.1) is 5.60 Å². The number of piperidine rings is 1. The minimum absolute atomic E-state index is 0.241. The van der Waals surface area contributed by atoms with Crippen LogP contribution >= 0.6 is 0 Å². The number of hydrogen-bond donors (Lipinski definition) is 1. The van der Waals surface area contributed by atoms with Gasteiger partial charge in [0.2, 0.25) is 0 Å². The van der Waals surface area contributed by atoms with Gasteiger partial charge >= 0.3 is 0 Å². The molecule has 1 saturated heterocycles. The molecule has 22 heavy (non-hydrogen) atoms. The van der Waals surface area contributed by atoms with Crippen molar-refractivity contribution >= 4 is 0 Å². The lowest BCUT2D eigenvalue weighted by Crippen LogP contribution is -2.47. The van der Waals surface area contributed by atoms with Crippen LogP contribution in [0.25, 0.3) is 0 Å². The highest BCUT2D eigenvalue weighted by Crippen LogP contribution is 2.44. The van der Waals surface area contributed by atoms with Gasteiger partial charge in [-0.05, 0) is 43.1 Å². The summed E-state index contributed by atoms with van der Waals surface area (Å²) in [5, 5.41) is 11.5. The van der Waals surface area contributed by atoms with Crippen molar-refractivity contribution in [1.82, 2.24) is 4.90 Å². The lowest BCUT2D eigenvalue weighted by Gasteiger charge is -2.45. The van der Waals surface area contributed by atoms with Crippen LogP contribution < -0.4 is 0 Å². The fourth-order valence-electron chi connectivity index (χ4n) is 3.58. The number of nitrogens with zero attached hydrogens (tertiary/aromatic N) is 1. The molecule has 0 aromatic heterocycles. The molecule has 1 N–H and O–H groups in total. The Labute approximate surface area is 131 Å². The number of likely N-dealkylation sites (N-methyl/N-ethyl adjacent to an activating group) is 1. The van der Waals surface area contributed by atoms with Gasteiger partial charge in [0.15, 0.2) is 0 Å². The van der Waals surface area contributed by atoms with Gasteiger partial charge in [0.1, 0.15) is 5.82 Å². The van der Waals surface area contributed by atoms with Crippen molar-refractivity contribution in [2.45, 2.75) is 24.9 Å². The maximum Gasteiger partial charge on any atom is 0.126 e. The van der Waals surface area contributed by atoms with Crippen LogP contribution in [0.3, 0.4) is 0 Å². The molecule has 1 aliphatic rings. The first-order valence-corrected chi connectivity index (χ1v) is 7.74. The minimum atomic E-state index is -1.03. The average Bonchev–Trinajstić information content (AvgIpc) is 2.51. The third-order valence-electron chi connectivity index (χ3n) is 4.84. The second-order valence-corrected chi connectivity index (χ2v) is 6.33. The summed E-state index contributed by atoms with van der Waals surface area (Å²) in [7, 11) is 2.02. The molecule has 2 aromatic rings. The van der Waals surface area contributed by atoms with Crippen molar-refractivity contribution in [3.63, 3.8) is 0 Å². The highest BCUT2D eigenvalue weighted by Gasteiger charge is 2.44. The van der Waals surface area contributed by atoms with Gasteiger partial charge in [-0.15, -0.1) is 0 Å². The highest BCUT2D eigenvalue weighted by molar-refractivity contribution is 5.37. The van der Waals surface area contributed by atoms with E-state index in [-0.39, 0.29) is 11.7 Å². The lowest BCUT2D eigenvalue weighted by molar-refractivity contribution is -0.0432. The molecule has 0 unspecified atom stereocenters. The van der Waals surface area contributed by atoms with Crippen LogP contribution in [0, 0.1) is 12.7 Å². The molecule has 0 bridgehead atoms. The van der Waals surface area contributed by atoms with Gasteiger partial charge in [0, 0.05) is 19.0 Å². The summed E-state index contributed by atoms with van der Waals surface area (Å²) in [5.74, 6) is -0.511. The van der Waals surface area contributed by atoms with E-state index >= 15 is 0 Å². The Kier molecular flexibility index (Phi) is 4.02. The van der Waals surface area contributed by atoms with Gasteiger partial charge in [-0.1, -0.05) is 42.5 Å². The van der Waals surface area contributed by atoms with E-state index in [0.717, 1.165) is 17.7 Å². The van der Waals surface area contributed by atoms with E-state index in [0.29, 0.717) is 18.5 Å². The lowest BCUT2D eigenvalue weighted by atomic mass is 9.71. The highest BCUT2D eigenvalue weighted by atomic mass is 19.1. The standard InChI is InChI=1S/C19H22FNO/c1-14-7-3-5-9-16(14)19(22)11-12-21(2)13-17(19)15-8-4-6-10-18(15)20/h3-10,17,22H,11-13H2,1-2H3/t17-,19+/m1/s1. The molecule has 0 aliphatic carbocycles. The second kappa shape index (κ2) is 5.82. The molecule has 0 amide bonds. The largest absolute Gasteiger partial charge is 0.384 e. The summed E-state index contributed by atoms with van der Waals surface area (Å²) < 4.78 is 14.3. The third-order valence-corrected chi connectivity index (χ3v) is 4.84. The fraction of sp³-hybridized carbons (Fsp3) is 0.368. The Morgan fingerprint density at radius 1 is 1.14 bits per heavy atom. The molecule has 0 radical (unpaired) electrons. The van der Waals surface area contributed by atoms with Crippen molar-refractivity contribution in [3.8, 4) is 0 Å². The summed E-state index contributed by atoms with van der Waals surface area (Å²) in [4.78, 5) is 2.16. The van der Waals surface area contributed by atoms with E-state index in [2.05, 4.69) is 4.90 Å². The van der Waals surface area contributed by atoms with Crippen molar-refractivity contribution < 1.29 is 9.50 Å². The summed E-state index contributed by atoms with van der Waals surface area (Å²) in [5.41, 5.74) is 1.53. The maximum atomic E-state index is 14.3. The molecule has 1 aliphatic heterocycles. The van der Waals surface area contributed by atoms with Crippen LogP contribution in [0.2, 0.25) is 0 Å². The van der Waals surface area contributed by atoms with Gasteiger partial charge in [0.25, 0.3) is 0 Å². The Morgan fingerprint density at radius 2 is 1.82 bits per heavy atom. The number of rotatable bonds is 2. The van der Waals surface area contributed by atoms with Crippen molar-refractivity contribution in [2.24, 2.45) is 0 Å². The topological polar surface area (TPSA) is 23.5 Å². The van der Waals surface area contributed by atoms with E-state index in [1.54, 1.807) is 12.1 Å². The zero-order valence-electron chi connectivity index (χ0n) is 13.1. The van der Waals surface area contributed by atoms with Crippen LogP contribution in [0.4, 0.5) is 4.39 Å². The van der Waals surface area contributed by atoms with Crippen molar-refractivity contribution in [3.05, 3.63) is 71.0 Å². The molecule has 2 aromatic carbocycles. The van der Waals surface area contributed by atoms with E-state index in [4.69, 9.17) is 0 Å². The van der Waals surface area contributed by atoms with Crippen LogP contribution in [0.1, 0.15) is 29.0 Å². The number of benzene rings is 2. The predicted octanol–water partition coefficient (Wildman–Crippen LogP) is 3.44. The SMILES string of the molecule is Cc1ccccc1[C@@]1(O)CCN(C)C[C@@H]1c1ccccc1F. The normalized spacial score (nSPS) is 26.1. The van der Waals surface area contributed by atoms with Crippen molar-refractivity contribution in [1.29, 1.82) is 0 Å². The van der Waals surface area contributed by atoms with E-state index in [9.17, 15) is 9.50 Å². The predicted molar refractivity (Wildman–Crippen MR) is 86.3 cm³/mol. The number of halogens is 1. The van der Waals surface area contributed by atoms with Gasteiger partial charge in [-0.2, -0.15) is 0 Å². The van der Waals surface area contributed by atoms with Crippen LogP contribution in [-0.2, 0) is 5.60 Å². The van der Waals surface area contributed by atoms with Crippen LogP contribution in [0.5, 0.6) is 0 Å². The smallest absolute Gasteiger partial charge is 0.126 e. The first-order chi connectivity index (χ1) is 10.5. The Morgan fingerprint density at radius 3 is 2.55 bits per heavy atom. The van der Waals surface area contributed by atoms with Gasteiger partial charge in [-0.3, -0.25) is 0 Å². The van der Waals surface area contributed by atoms with E-state index in [1.807, 2.05) is 44.3 Å². The molecule has 1 fully saturated rings. The number of likely N-dealkylation sites (tertiary alicyclic amines) is 1. The Balaban J connectivity index is 2.12. The molecule has 2 nitrogen and oxygen atoms in total. The molecular formula is C19H22FNO. The quantitative estimate of drug-likeness (QED) is 0.918. The molecule has 2 atom stereocenters. The first-order valence-electron chi connectivity index (χ1n) is 7.74. The fourth-order valence-corrected chi connectivity index (χ4v) is 3.58. The Hall–Kier alpha value is -1.71. The van der Waals surface area contributed by atoms with Crippen LogP contribution in [0.15, 0.2) is 48.5 Å². The summed E-state index contributed by atoms with van der Waals surface area (Å²) in [6.45, 7) is 3.45. The average molecular weight is 299 g/mol. The zero-order valence-corrected chi connectivity index (χ0v) is 13.1. The first kappa shape index (κ1) is 15.2. The zero-order chi connectivity index (χ0) is 15.7. The summed E-state index contributed by atoms with van der Waals surface area (Å²) in [6.07, 6.45) is 0.605. The molecule has 0 saturated carbocycles. The molecule has 0 spiro atoms. The van der Waals surface area contributed by atoms with Gasteiger partial charge in [-0.25, -0.2) is 4.39 Å². The van der Waals surface area contributed by atoms with Crippen LogP contribution in [-0.4, -0.2) is 30.1 Å². The molecule has 3 heteroatoms.